The molecule has 0 aliphatic rings. The fourth-order valence-electron chi connectivity index (χ4n) is 2.32. The maximum absolute atomic E-state index is 13.9. The molecule has 2 aromatic rings. The maximum atomic E-state index is 13.9. The zero-order chi connectivity index (χ0) is 14.7. The third-order valence-electron chi connectivity index (χ3n) is 3.39. The Kier molecular flexibility index (Phi) is 5.35. The summed E-state index contributed by atoms with van der Waals surface area (Å²) < 4.78 is 15.8. The molecule has 0 radical (unpaired) electrons. The summed E-state index contributed by atoms with van der Waals surface area (Å²) in [6, 6.07) is 11.3. The van der Waals surface area contributed by atoms with Gasteiger partial charge in [-0.1, -0.05) is 37.9 Å². The first-order valence-electron chi connectivity index (χ1n) is 6.38. The number of aryl methyl sites for hydroxylation is 1. The Labute approximate surface area is 135 Å². The molecule has 1 N–H and O–H groups in total. The van der Waals surface area contributed by atoms with Crippen molar-refractivity contribution in [1.29, 1.82) is 0 Å². The Balaban J connectivity index is 2.31. The van der Waals surface area contributed by atoms with Crippen LogP contribution in [0.15, 0.2) is 45.3 Å². The Morgan fingerprint density at radius 3 is 2.40 bits per heavy atom. The minimum atomic E-state index is -0.164. The Hall–Kier alpha value is -0.710. The lowest BCUT2D eigenvalue weighted by Gasteiger charge is -2.19. The fourth-order valence-corrected chi connectivity index (χ4v) is 3.20. The maximum Gasteiger partial charge on any atom is 0.126 e. The summed E-state index contributed by atoms with van der Waals surface area (Å²) in [6.45, 7) is 2.07. The van der Waals surface area contributed by atoms with Crippen LogP contribution in [0, 0.1) is 12.7 Å². The number of rotatable bonds is 4. The smallest absolute Gasteiger partial charge is 0.126 e. The Morgan fingerprint density at radius 2 is 1.75 bits per heavy atom. The standard InChI is InChI=1S/C16H16Br2FN/c1-10-7-12(17)3-5-14(10)16(20-2)9-11-8-13(18)4-6-15(11)19/h3-8,16,20H,9H2,1-2H3. The van der Waals surface area contributed by atoms with E-state index in [4.69, 9.17) is 0 Å². The van der Waals surface area contributed by atoms with Crippen LogP contribution in [0.1, 0.15) is 22.7 Å². The number of halogens is 3. The monoisotopic (exact) mass is 399 g/mol. The van der Waals surface area contributed by atoms with Gasteiger partial charge in [0.15, 0.2) is 0 Å². The molecule has 20 heavy (non-hydrogen) atoms. The van der Waals surface area contributed by atoms with Crippen LogP contribution in [-0.4, -0.2) is 7.05 Å². The van der Waals surface area contributed by atoms with E-state index in [1.807, 2.05) is 19.2 Å². The predicted octanol–water partition coefficient (Wildman–Crippen LogP) is 5.16. The summed E-state index contributed by atoms with van der Waals surface area (Å²) in [5.41, 5.74) is 3.09. The molecule has 0 saturated carbocycles. The van der Waals surface area contributed by atoms with Gasteiger partial charge in [0, 0.05) is 15.0 Å². The van der Waals surface area contributed by atoms with Crippen LogP contribution in [0.2, 0.25) is 0 Å². The molecule has 1 nitrogen and oxygen atoms in total. The second kappa shape index (κ2) is 6.83. The third-order valence-corrected chi connectivity index (χ3v) is 4.37. The van der Waals surface area contributed by atoms with Crippen molar-refractivity contribution in [3.05, 3.63) is 67.9 Å². The van der Waals surface area contributed by atoms with Crippen molar-refractivity contribution in [3.63, 3.8) is 0 Å². The van der Waals surface area contributed by atoms with Crippen LogP contribution in [0.5, 0.6) is 0 Å². The average molecular weight is 401 g/mol. The SMILES string of the molecule is CNC(Cc1cc(Br)ccc1F)c1ccc(Br)cc1C. The van der Waals surface area contributed by atoms with E-state index in [-0.39, 0.29) is 11.9 Å². The highest BCUT2D eigenvalue weighted by molar-refractivity contribution is 9.10. The molecule has 2 rings (SSSR count). The molecule has 0 heterocycles. The molecular weight excluding hydrogens is 385 g/mol. The van der Waals surface area contributed by atoms with Crippen molar-refractivity contribution in [3.8, 4) is 0 Å². The molecule has 106 valence electrons. The largest absolute Gasteiger partial charge is 0.313 e. The number of hydrogen-bond acceptors (Lipinski definition) is 1. The van der Waals surface area contributed by atoms with Gasteiger partial charge in [-0.3, -0.25) is 0 Å². The average Bonchev–Trinajstić information content (AvgIpc) is 2.40. The molecule has 0 saturated heterocycles. The van der Waals surface area contributed by atoms with Crippen LogP contribution in [0.4, 0.5) is 4.39 Å². The van der Waals surface area contributed by atoms with E-state index in [0.717, 1.165) is 8.95 Å². The summed E-state index contributed by atoms with van der Waals surface area (Å²) in [5.74, 6) is -0.164. The van der Waals surface area contributed by atoms with Crippen molar-refractivity contribution in [2.75, 3.05) is 7.05 Å². The lowest BCUT2D eigenvalue weighted by atomic mass is 9.95. The van der Waals surface area contributed by atoms with Crippen LogP contribution >= 0.6 is 31.9 Å². The summed E-state index contributed by atoms with van der Waals surface area (Å²) in [5, 5.41) is 3.28. The van der Waals surface area contributed by atoms with Crippen molar-refractivity contribution in [1.82, 2.24) is 5.32 Å². The zero-order valence-electron chi connectivity index (χ0n) is 11.4. The molecule has 0 aliphatic heterocycles. The highest BCUT2D eigenvalue weighted by Gasteiger charge is 2.15. The fraction of sp³-hybridized carbons (Fsp3) is 0.250. The van der Waals surface area contributed by atoms with E-state index < -0.39 is 0 Å². The lowest BCUT2D eigenvalue weighted by Crippen LogP contribution is -2.20. The topological polar surface area (TPSA) is 12.0 Å². The highest BCUT2D eigenvalue weighted by atomic mass is 79.9. The molecule has 0 bridgehead atoms. The molecule has 0 aromatic heterocycles. The van der Waals surface area contributed by atoms with Gasteiger partial charge in [0.05, 0.1) is 0 Å². The molecule has 0 amide bonds. The van der Waals surface area contributed by atoms with Gasteiger partial charge >= 0.3 is 0 Å². The molecule has 4 heteroatoms. The minimum Gasteiger partial charge on any atom is -0.313 e. The van der Waals surface area contributed by atoms with Crippen molar-refractivity contribution in [2.45, 2.75) is 19.4 Å². The minimum absolute atomic E-state index is 0.0897. The van der Waals surface area contributed by atoms with Crippen LogP contribution in [0.3, 0.4) is 0 Å². The first-order chi connectivity index (χ1) is 9.51. The van der Waals surface area contributed by atoms with Gasteiger partial charge in [0.25, 0.3) is 0 Å². The van der Waals surface area contributed by atoms with Gasteiger partial charge in [-0.15, -0.1) is 0 Å². The first-order valence-corrected chi connectivity index (χ1v) is 7.97. The number of hydrogen-bond donors (Lipinski definition) is 1. The molecule has 0 spiro atoms. The first kappa shape index (κ1) is 15.7. The number of benzene rings is 2. The van der Waals surface area contributed by atoms with Crippen molar-refractivity contribution in [2.24, 2.45) is 0 Å². The van der Waals surface area contributed by atoms with Crippen molar-refractivity contribution < 1.29 is 4.39 Å². The second-order valence-corrected chi connectivity index (χ2v) is 6.61. The van der Waals surface area contributed by atoms with Gasteiger partial charge in [-0.2, -0.15) is 0 Å². The van der Waals surface area contributed by atoms with E-state index in [0.29, 0.717) is 12.0 Å². The van der Waals surface area contributed by atoms with Gasteiger partial charge < -0.3 is 5.32 Å². The number of nitrogens with one attached hydrogen (secondary N) is 1. The lowest BCUT2D eigenvalue weighted by molar-refractivity contribution is 0.552. The Morgan fingerprint density at radius 1 is 1.10 bits per heavy atom. The van der Waals surface area contributed by atoms with E-state index in [1.165, 1.54) is 17.2 Å². The van der Waals surface area contributed by atoms with Crippen LogP contribution < -0.4 is 5.32 Å². The molecule has 0 fully saturated rings. The molecule has 0 aliphatic carbocycles. The summed E-state index contributed by atoms with van der Waals surface area (Å²) in [7, 11) is 1.90. The van der Waals surface area contributed by atoms with E-state index in [9.17, 15) is 4.39 Å². The Bertz CT molecular complexity index is 613. The van der Waals surface area contributed by atoms with Gasteiger partial charge in [-0.25, -0.2) is 4.39 Å². The quantitative estimate of drug-likeness (QED) is 0.747. The van der Waals surface area contributed by atoms with Crippen LogP contribution in [0.25, 0.3) is 0 Å². The van der Waals surface area contributed by atoms with Crippen LogP contribution in [-0.2, 0) is 6.42 Å². The van der Waals surface area contributed by atoms with Crippen molar-refractivity contribution >= 4 is 31.9 Å². The molecule has 2 aromatic carbocycles. The molecule has 1 unspecified atom stereocenters. The highest BCUT2D eigenvalue weighted by Crippen LogP contribution is 2.26. The summed E-state index contributed by atoms with van der Waals surface area (Å²) in [6.07, 6.45) is 0.615. The summed E-state index contributed by atoms with van der Waals surface area (Å²) >= 11 is 6.86. The molecular formula is C16H16Br2FN. The molecule has 1 atom stereocenters. The zero-order valence-corrected chi connectivity index (χ0v) is 14.6. The van der Waals surface area contributed by atoms with E-state index >= 15 is 0 Å². The van der Waals surface area contributed by atoms with E-state index in [2.05, 4.69) is 56.2 Å². The van der Waals surface area contributed by atoms with Gasteiger partial charge in [0.1, 0.15) is 5.82 Å². The predicted molar refractivity (Wildman–Crippen MR) is 88.5 cm³/mol. The third kappa shape index (κ3) is 3.68. The van der Waals surface area contributed by atoms with E-state index in [1.54, 1.807) is 6.07 Å². The summed E-state index contributed by atoms with van der Waals surface area (Å²) in [4.78, 5) is 0. The van der Waals surface area contributed by atoms with Gasteiger partial charge in [0.2, 0.25) is 0 Å². The normalized spacial score (nSPS) is 12.4. The number of likely N-dealkylation sites (N-methyl/N-ethyl adjacent to an activating group) is 1. The van der Waals surface area contributed by atoms with Gasteiger partial charge in [-0.05, 0) is 67.4 Å². The second-order valence-electron chi connectivity index (χ2n) is 4.78.